The minimum Gasteiger partial charge on any atom is -0.356 e. The highest BCUT2D eigenvalue weighted by molar-refractivity contribution is 7.89. The number of primary sulfonamides is 1. The van der Waals surface area contributed by atoms with E-state index in [-0.39, 0.29) is 48.7 Å². The van der Waals surface area contributed by atoms with Gasteiger partial charge in [0.25, 0.3) is 0 Å². The van der Waals surface area contributed by atoms with E-state index in [9.17, 15) is 22.8 Å². The number of halogens is 2. The summed E-state index contributed by atoms with van der Waals surface area (Å²) in [5.41, 5.74) is 1.62. The number of aryl methyl sites for hydroxylation is 1. The molecular formula is C29H32Cl2N4O5S2. The van der Waals surface area contributed by atoms with E-state index in [4.69, 9.17) is 28.3 Å². The molecule has 3 aromatic rings. The molecule has 1 saturated heterocycles. The number of piperazine rings is 1. The number of nitrogens with zero attached hydrogens (tertiary/aromatic N) is 2. The minimum atomic E-state index is -3.78. The average Bonchev–Trinajstić information content (AvgIpc) is 3.45. The molecular weight excluding hydrogens is 619 g/mol. The second-order valence-electron chi connectivity index (χ2n) is 10.0. The molecule has 1 fully saturated rings. The molecule has 0 radical (unpaired) electrons. The Morgan fingerprint density at radius 1 is 1.02 bits per heavy atom. The van der Waals surface area contributed by atoms with Crippen molar-refractivity contribution in [2.45, 2.75) is 43.0 Å². The molecule has 1 aliphatic heterocycles. The lowest BCUT2D eigenvalue weighted by Gasteiger charge is -2.40. The van der Waals surface area contributed by atoms with Crippen molar-refractivity contribution in [3.63, 3.8) is 0 Å². The van der Waals surface area contributed by atoms with Gasteiger partial charge in [-0.25, -0.2) is 13.6 Å². The Balaban J connectivity index is 1.39. The highest BCUT2D eigenvalue weighted by Gasteiger charge is 2.40. The highest BCUT2D eigenvalue weighted by Crippen LogP contribution is 2.23. The zero-order valence-corrected chi connectivity index (χ0v) is 25.9. The van der Waals surface area contributed by atoms with Crippen LogP contribution < -0.4 is 10.5 Å². The number of carbonyl (C=O) groups excluding carboxylic acids is 3. The molecule has 0 spiro atoms. The molecule has 0 saturated carbocycles. The second-order valence-corrected chi connectivity index (χ2v) is 13.5. The van der Waals surface area contributed by atoms with Crippen molar-refractivity contribution in [2.75, 3.05) is 26.2 Å². The van der Waals surface area contributed by atoms with E-state index in [1.165, 1.54) is 26.8 Å². The molecule has 1 unspecified atom stereocenters. The summed E-state index contributed by atoms with van der Waals surface area (Å²) in [6.07, 6.45) is 2.18. The van der Waals surface area contributed by atoms with Gasteiger partial charge in [-0.1, -0.05) is 47.5 Å². The third kappa shape index (κ3) is 8.78. The molecule has 3 amide bonds. The predicted molar refractivity (Wildman–Crippen MR) is 164 cm³/mol. The fourth-order valence-corrected chi connectivity index (χ4v) is 6.58. The largest absolute Gasteiger partial charge is 0.356 e. The molecule has 9 nitrogen and oxygen atoms in total. The molecule has 1 aromatic heterocycles. The van der Waals surface area contributed by atoms with Crippen molar-refractivity contribution in [3.8, 4) is 0 Å². The fourth-order valence-electron chi connectivity index (χ4n) is 4.82. The topological polar surface area (TPSA) is 130 Å². The maximum absolute atomic E-state index is 13.6. The molecule has 13 heteroatoms. The highest BCUT2D eigenvalue weighted by atomic mass is 35.5. The average molecular weight is 652 g/mol. The van der Waals surface area contributed by atoms with E-state index in [1.807, 2.05) is 17.5 Å². The first-order valence-corrected chi connectivity index (χ1v) is 16.6. The van der Waals surface area contributed by atoms with Crippen LogP contribution in [0, 0.1) is 0 Å². The van der Waals surface area contributed by atoms with E-state index in [0.717, 1.165) is 17.5 Å². The number of sulfonamides is 1. The molecule has 224 valence electrons. The van der Waals surface area contributed by atoms with Crippen LogP contribution in [0.3, 0.4) is 0 Å². The molecule has 1 atom stereocenters. The second kappa shape index (κ2) is 14.5. The number of hydrogen-bond donors (Lipinski definition) is 2. The first kappa shape index (κ1) is 32.0. The van der Waals surface area contributed by atoms with Crippen LogP contribution >= 0.6 is 34.5 Å². The maximum atomic E-state index is 13.6. The summed E-state index contributed by atoms with van der Waals surface area (Å²) in [7, 11) is -3.78. The molecule has 0 aliphatic carbocycles. The first-order valence-electron chi connectivity index (χ1n) is 13.4. The van der Waals surface area contributed by atoms with Crippen molar-refractivity contribution >= 4 is 62.3 Å². The van der Waals surface area contributed by atoms with Gasteiger partial charge in [0.1, 0.15) is 6.04 Å². The molecule has 0 bridgehead atoms. The SMILES string of the molecule is NS(=O)(=O)c1ccc(CCNC(=O)CC2C(=O)N(CCc3ccc(Cl)cc3Cl)CC(=O)N2CCCc2cccs2)cc1. The minimum absolute atomic E-state index is 0.0119. The molecule has 4 rings (SSSR count). The van der Waals surface area contributed by atoms with E-state index >= 15 is 0 Å². The van der Waals surface area contributed by atoms with E-state index < -0.39 is 16.1 Å². The van der Waals surface area contributed by atoms with Gasteiger partial charge in [0.15, 0.2) is 0 Å². The van der Waals surface area contributed by atoms with Crippen molar-refractivity contribution < 1.29 is 22.8 Å². The Labute approximate surface area is 259 Å². The van der Waals surface area contributed by atoms with Crippen molar-refractivity contribution in [3.05, 3.63) is 86.0 Å². The summed E-state index contributed by atoms with van der Waals surface area (Å²) in [6, 6.07) is 14.4. The monoisotopic (exact) mass is 650 g/mol. The normalized spacial score (nSPS) is 15.7. The summed E-state index contributed by atoms with van der Waals surface area (Å²) in [5, 5.41) is 11.0. The van der Waals surface area contributed by atoms with Crippen LogP contribution in [-0.2, 0) is 43.7 Å². The number of hydrogen-bond acceptors (Lipinski definition) is 6. The number of amides is 3. The van der Waals surface area contributed by atoms with Gasteiger partial charge in [0.05, 0.1) is 17.9 Å². The Morgan fingerprint density at radius 3 is 2.45 bits per heavy atom. The molecule has 2 heterocycles. The Morgan fingerprint density at radius 2 is 1.79 bits per heavy atom. The quantitative estimate of drug-likeness (QED) is 0.292. The van der Waals surface area contributed by atoms with Gasteiger partial charge >= 0.3 is 0 Å². The van der Waals surface area contributed by atoms with E-state index in [2.05, 4.69) is 5.32 Å². The lowest BCUT2D eigenvalue weighted by molar-refractivity contribution is -0.157. The standard InChI is InChI=1S/C29H32Cl2N4O5S2/c30-22-8-7-21(25(31)17-22)12-15-34-19-28(37)35(14-1-3-23-4-2-16-41-23)26(29(34)38)18-27(36)33-13-11-20-5-9-24(10-6-20)42(32,39)40/h2,4-10,16-17,26H,1,3,11-15,18-19H2,(H,33,36)(H2,32,39,40). The fraction of sp³-hybridized carbons (Fsp3) is 0.345. The zero-order chi connectivity index (χ0) is 30.3. The van der Waals surface area contributed by atoms with Crippen LogP contribution in [0.1, 0.15) is 28.8 Å². The maximum Gasteiger partial charge on any atom is 0.246 e. The number of thiophene rings is 1. The van der Waals surface area contributed by atoms with Gasteiger partial charge in [0.2, 0.25) is 27.7 Å². The number of carbonyl (C=O) groups is 3. The third-order valence-corrected chi connectivity index (χ3v) is 9.51. The lowest BCUT2D eigenvalue weighted by Crippen LogP contribution is -2.61. The van der Waals surface area contributed by atoms with Crippen LogP contribution in [0.25, 0.3) is 0 Å². The Kier molecular flexibility index (Phi) is 11.0. The summed E-state index contributed by atoms with van der Waals surface area (Å²) in [4.78, 5) is 44.1. The van der Waals surface area contributed by atoms with Gasteiger partial charge in [-0.2, -0.15) is 0 Å². The van der Waals surface area contributed by atoms with Gasteiger partial charge in [-0.05, 0) is 72.5 Å². The van der Waals surface area contributed by atoms with Gasteiger partial charge in [-0.15, -0.1) is 11.3 Å². The lowest BCUT2D eigenvalue weighted by atomic mass is 10.0. The molecule has 3 N–H and O–H groups in total. The number of rotatable bonds is 13. The number of nitrogens with one attached hydrogen (secondary N) is 1. The summed E-state index contributed by atoms with van der Waals surface area (Å²) in [5.74, 6) is -0.826. The van der Waals surface area contributed by atoms with E-state index in [0.29, 0.717) is 35.9 Å². The van der Waals surface area contributed by atoms with Gasteiger partial charge in [0, 0.05) is 34.6 Å². The van der Waals surface area contributed by atoms with Crippen LogP contribution in [0.5, 0.6) is 0 Å². The van der Waals surface area contributed by atoms with Crippen molar-refractivity contribution in [2.24, 2.45) is 5.14 Å². The molecule has 42 heavy (non-hydrogen) atoms. The van der Waals surface area contributed by atoms with Crippen LogP contribution in [0.4, 0.5) is 0 Å². The summed E-state index contributed by atoms with van der Waals surface area (Å²) >= 11 is 13.9. The van der Waals surface area contributed by atoms with Crippen molar-refractivity contribution in [1.29, 1.82) is 0 Å². The van der Waals surface area contributed by atoms with Crippen LogP contribution in [0.15, 0.2) is 64.9 Å². The van der Waals surface area contributed by atoms with Crippen LogP contribution in [-0.4, -0.2) is 68.2 Å². The van der Waals surface area contributed by atoms with Gasteiger partial charge < -0.3 is 15.1 Å². The van der Waals surface area contributed by atoms with Crippen molar-refractivity contribution in [1.82, 2.24) is 15.1 Å². The smallest absolute Gasteiger partial charge is 0.246 e. The van der Waals surface area contributed by atoms with Gasteiger partial charge in [-0.3, -0.25) is 14.4 Å². The Bertz CT molecular complexity index is 1520. The summed E-state index contributed by atoms with van der Waals surface area (Å²) in [6.45, 7) is 0.866. The number of benzene rings is 2. The summed E-state index contributed by atoms with van der Waals surface area (Å²) < 4.78 is 22.9. The van der Waals surface area contributed by atoms with E-state index in [1.54, 1.807) is 41.7 Å². The molecule has 2 aromatic carbocycles. The first-order chi connectivity index (χ1) is 20.0. The molecule has 1 aliphatic rings. The Hall–Kier alpha value is -2.96. The zero-order valence-electron chi connectivity index (χ0n) is 22.8. The van der Waals surface area contributed by atoms with Crippen LogP contribution in [0.2, 0.25) is 10.0 Å². The predicted octanol–water partition coefficient (Wildman–Crippen LogP) is 3.67. The third-order valence-electron chi connectivity index (χ3n) is 7.05. The number of nitrogens with two attached hydrogens (primary N) is 1.